The predicted molar refractivity (Wildman–Crippen MR) is 144 cm³/mol. The van der Waals surface area contributed by atoms with E-state index in [1.165, 1.54) is 0 Å². The summed E-state index contributed by atoms with van der Waals surface area (Å²) in [6.07, 6.45) is 6.64. The first-order valence-corrected chi connectivity index (χ1v) is 12.7. The topological polar surface area (TPSA) is 87.7 Å². The maximum Gasteiger partial charge on any atom is 0.408 e. The quantitative estimate of drug-likeness (QED) is 0.458. The molecule has 0 spiro atoms. The zero-order valence-electron chi connectivity index (χ0n) is 23.7. The van der Waals surface area contributed by atoms with Crippen LogP contribution in [-0.2, 0) is 14.3 Å². The summed E-state index contributed by atoms with van der Waals surface area (Å²) >= 11 is 0. The van der Waals surface area contributed by atoms with E-state index in [0.717, 1.165) is 6.42 Å². The first-order chi connectivity index (χ1) is 16.5. The highest BCUT2D eigenvalue weighted by Gasteiger charge is 2.39. The number of carbonyl (C=O) groups is 3. The SMILES string of the molecule is C#Cc1ccccc1C(C(=O)NC(C)(C)C)N(C(=O)C(C)NC(=O)OC(C)(C)C)C(C)CCC(C)C. The highest BCUT2D eigenvalue weighted by atomic mass is 16.6. The summed E-state index contributed by atoms with van der Waals surface area (Å²) in [5, 5.41) is 5.66. The van der Waals surface area contributed by atoms with Gasteiger partial charge in [-0.15, -0.1) is 6.42 Å². The average molecular weight is 500 g/mol. The third kappa shape index (κ3) is 9.93. The molecule has 0 bridgehead atoms. The van der Waals surface area contributed by atoms with Crippen LogP contribution in [0.25, 0.3) is 0 Å². The highest BCUT2D eigenvalue weighted by Crippen LogP contribution is 2.30. The summed E-state index contributed by atoms with van der Waals surface area (Å²) in [5.41, 5.74) is -0.140. The van der Waals surface area contributed by atoms with Crippen LogP contribution in [0.3, 0.4) is 0 Å². The van der Waals surface area contributed by atoms with Crippen LogP contribution in [0.2, 0.25) is 0 Å². The molecule has 0 aromatic heterocycles. The number of hydrogen-bond donors (Lipinski definition) is 2. The molecule has 200 valence electrons. The summed E-state index contributed by atoms with van der Waals surface area (Å²) in [5.74, 6) is 2.35. The largest absolute Gasteiger partial charge is 0.444 e. The Balaban J connectivity index is 3.58. The normalized spacial score (nSPS) is 14.3. The molecule has 3 unspecified atom stereocenters. The molecule has 3 amide bonds. The van der Waals surface area contributed by atoms with Crippen LogP contribution in [0, 0.1) is 18.3 Å². The molecule has 3 atom stereocenters. The lowest BCUT2D eigenvalue weighted by atomic mass is 9.93. The first kappa shape index (κ1) is 31.0. The summed E-state index contributed by atoms with van der Waals surface area (Å²) in [4.78, 5) is 41.7. The minimum absolute atomic E-state index is 0.302. The molecule has 7 heteroatoms. The van der Waals surface area contributed by atoms with E-state index >= 15 is 0 Å². The van der Waals surface area contributed by atoms with E-state index in [4.69, 9.17) is 11.2 Å². The van der Waals surface area contributed by atoms with Gasteiger partial charge < -0.3 is 20.3 Å². The fourth-order valence-electron chi connectivity index (χ4n) is 3.80. The van der Waals surface area contributed by atoms with E-state index < -0.39 is 35.2 Å². The number of nitrogens with zero attached hydrogens (tertiary/aromatic N) is 1. The summed E-state index contributed by atoms with van der Waals surface area (Å²) in [6.45, 7) is 18.7. The second-order valence-electron chi connectivity index (χ2n) is 11.8. The third-order valence-corrected chi connectivity index (χ3v) is 5.43. The van der Waals surface area contributed by atoms with Gasteiger partial charge in [-0.05, 0) is 85.8 Å². The van der Waals surface area contributed by atoms with Crippen molar-refractivity contribution in [2.24, 2.45) is 5.92 Å². The fraction of sp³-hybridized carbons (Fsp3) is 0.621. The molecule has 0 saturated heterocycles. The fourth-order valence-corrected chi connectivity index (χ4v) is 3.80. The number of benzene rings is 1. The molecule has 0 heterocycles. The molecule has 36 heavy (non-hydrogen) atoms. The van der Waals surface area contributed by atoms with E-state index in [0.29, 0.717) is 23.5 Å². The minimum atomic E-state index is -0.978. The van der Waals surface area contributed by atoms with Crippen molar-refractivity contribution in [2.75, 3.05) is 0 Å². The van der Waals surface area contributed by atoms with Gasteiger partial charge in [-0.1, -0.05) is 38.0 Å². The van der Waals surface area contributed by atoms with Crippen molar-refractivity contribution in [3.05, 3.63) is 35.4 Å². The van der Waals surface area contributed by atoms with Crippen LogP contribution >= 0.6 is 0 Å². The van der Waals surface area contributed by atoms with Crippen LogP contribution in [0.1, 0.15) is 99.2 Å². The summed E-state index contributed by atoms with van der Waals surface area (Å²) < 4.78 is 5.35. The number of amides is 3. The van der Waals surface area contributed by atoms with E-state index in [1.807, 2.05) is 27.7 Å². The Morgan fingerprint density at radius 2 is 1.58 bits per heavy atom. The number of ether oxygens (including phenoxy) is 1. The second kappa shape index (κ2) is 12.8. The monoisotopic (exact) mass is 499 g/mol. The van der Waals surface area contributed by atoms with E-state index in [-0.39, 0.29) is 11.9 Å². The molecule has 2 N–H and O–H groups in total. The highest BCUT2D eigenvalue weighted by molar-refractivity contribution is 5.92. The lowest BCUT2D eigenvalue weighted by molar-refractivity contribution is -0.145. The molecular formula is C29H45N3O4. The van der Waals surface area contributed by atoms with E-state index in [9.17, 15) is 14.4 Å². The third-order valence-electron chi connectivity index (χ3n) is 5.43. The van der Waals surface area contributed by atoms with Crippen molar-refractivity contribution in [3.8, 4) is 12.3 Å². The van der Waals surface area contributed by atoms with Crippen molar-refractivity contribution < 1.29 is 19.1 Å². The molecule has 0 radical (unpaired) electrons. The molecule has 0 aliphatic heterocycles. The molecule has 0 saturated carbocycles. The zero-order valence-corrected chi connectivity index (χ0v) is 23.7. The van der Waals surface area contributed by atoms with Gasteiger partial charge in [-0.2, -0.15) is 0 Å². The number of nitrogens with one attached hydrogen (secondary N) is 2. The maximum atomic E-state index is 13.9. The van der Waals surface area contributed by atoms with E-state index in [2.05, 4.69) is 30.4 Å². The lowest BCUT2D eigenvalue weighted by Crippen LogP contribution is -2.56. The van der Waals surface area contributed by atoms with Gasteiger partial charge in [0.05, 0.1) is 0 Å². The van der Waals surface area contributed by atoms with Gasteiger partial charge in [-0.25, -0.2) is 4.79 Å². The summed E-state index contributed by atoms with van der Waals surface area (Å²) in [6, 6.07) is 4.94. The Hall–Kier alpha value is -3.01. The summed E-state index contributed by atoms with van der Waals surface area (Å²) in [7, 11) is 0. The van der Waals surface area contributed by atoms with Crippen molar-refractivity contribution in [3.63, 3.8) is 0 Å². The Morgan fingerprint density at radius 3 is 2.08 bits per heavy atom. The lowest BCUT2D eigenvalue weighted by Gasteiger charge is -2.39. The Bertz CT molecular complexity index is 950. The molecule has 0 aliphatic rings. The van der Waals surface area contributed by atoms with Gasteiger partial charge in [0.1, 0.15) is 17.7 Å². The van der Waals surface area contributed by atoms with Gasteiger partial charge >= 0.3 is 6.09 Å². The second-order valence-corrected chi connectivity index (χ2v) is 11.8. The number of hydrogen-bond acceptors (Lipinski definition) is 4. The van der Waals surface area contributed by atoms with Crippen molar-refractivity contribution in [1.82, 2.24) is 15.5 Å². The van der Waals surface area contributed by atoms with Gasteiger partial charge in [-0.3, -0.25) is 9.59 Å². The Kier molecular flexibility index (Phi) is 11.0. The Morgan fingerprint density at radius 1 is 1.00 bits per heavy atom. The van der Waals surface area contributed by atoms with Gasteiger partial charge in [0.15, 0.2) is 0 Å². The average Bonchev–Trinajstić information content (AvgIpc) is 2.72. The van der Waals surface area contributed by atoms with Gasteiger partial charge in [0, 0.05) is 17.1 Å². The van der Waals surface area contributed by atoms with Crippen LogP contribution < -0.4 is 10.6 Å². The van der Waals surface area contributed by atoms with E-state index in [1.54, 1.807) is 56.9 Å². The van der Waals surface area contributed by atoms with Crippen molar-refractivity contribution in [2.45, 2.75) is 111 Å². The van der Waals surface area contributed by atoms with Crippen LogP contribution in [0.15, 0.2) is 24.3 Å². The van der Waals surface area contributed by atoms with Crippen LogP contribution in [-0.4, -0.2) is 46.0 Å². The predicted octanol–water partition coefficient (Wildman–Crippen LogP) is 5.19. The molecule has 0 aliphatic carbocycles. The first-order valence-electron chi connectivity index (χ1n) is 12.7. The maximum absolute atomic E-state index is 13.9. The number of terminal acetylenes is 1. The zero-order chi connectivity index (χ0) is 27.8. The molecular weight excluding hydrogens is 454 g/mol. The van der Waals surface area contributed by atoms with Crippen molar-refractivity contribution >= 4 is 17.9 Å². The standard InChI is InChI=1S/C29H45N3O4/c1-12-22-15-13-14-16-23(22)24(25(33)31-28(6,7)8)32(20(4)18-17-19(2)3)26(34)21(5)30-27(35)36-29(9,10)11/h1,13-16,19-21,24H,17-18H2,2-11H3,(H,30,35)(H,31,33). The minimum Gasteiger partial charge on any atom is -0.444 e. The molecule has 0 fully saturated rings. The number of carbonyl (C=O) groups excluding carboxylic acids is 3. The van der Waals surface area contributed by atoms with Crippen LogP contribution in [0.5, 0.6) is 0 Å². The molecule has 1 aromatic carbocycles. The Labute approximate surface area is 217 Å². The van der Waals surface area contributed by atoms with Crippen molar-refractivity contribution in [1.29, 1.82) is 0 Å². The molecule has 1 aromatic rings. The van der Waals surface area contributed by atoms with Gasteiger partial charge in [0.2, 0.25) is 11.8 Å². The van der Waals surface area contributed by atoms with Crippen LogP contribution in [0.4, 0.5) is 4.79 Å². The number of alkyl carbamates (subject to hydrolysis) is 1. The smallest absolute Gasteiger partial charge is 0.408 e. The molecule has 7 nitrogen and oxygen atoms in total. The van der Waals surface area contributed by atoms with Gasteiger partial charge in [0.25, 0.3) is 0 Å². The molecule has 1 rings (SSSR count). The number of rotatable bonds is 9.